The van der Waals surface area contributed by atoms with Crippen LogP contribution >= 0.6 is 0 Å². The second-order valence-corrected chi connectivity index (χ2v) is 2.33. The molecule has 0 amide bonds. The van der Waals surface area contributed by atoms with E-state index in [-0.39, 0.29) is 35.1 Å². The quantitative estimate of drug-likeness (QED) is 0.512. The van der Waals surface area contributed by atoms with Gasteiger partial charge >= 0.3 is 35.7 Å². The molecule has 0 spiro atoms. The first-order chi connectivity index (χ1) is 5.52. The van der Waals surface area contributed by atoms with Crippen molar-refractivity contribution in [3.05, 3.63) is 35.9 Å². The zero-order valence-electron chi connectivity index (χ0n) is 7.01. The van der Waals surface area contributed by atoms with Crippen LogP contribution in [0.15, 0.2) is 30.3 Å². The van der Waals surface area contributed by atoms with Crippen LogP contribution in [-0.2, 0) is 0 Å². The van der Waals surface area contributed by atoms with Crippen LogP contribution in [0.1, 0.15) is 11.7 Å². The summed E-state index contributed by atoms with van der Waals surface area (Å²) in [5.74, 6) is 0. The number of alkyl halides is 3. The van der Waals surface area contributed by atoms with Crippen LogP contribution < -0.4 is 34.7 Å². The Morgan fingerprint density at radius 2 is 1.54 bits per heavy atom. The first-order valence-electron chi connectivity index (χ1n) is 3.29. The van der Waals surface area contributed by atoms with Gasteiger partial charge in [-0.3, -0.25) is 0 Å². The number of halogens is 3. The minimum Gasteiger partial charge on any atom is -0.842 e. The van der Waals surface area contributed by atoms with E-state index in [1.807, 2.05) is 0 Å². The fraction of sp³-hybridized carbons (Fsp3) is 0.250. The maximum atomic E-state index is 11.8. The summed E-state index contributed by atoms with van der Waals surface area (Å²) in [6.07, 6.45) is -7.32. The van der Waals surface area contributed by atoms with Gasteiger partial charge in [0.15, 0.2) is 0 Å². The maximum absolute atomic E-state index is 11.8. The summed E-state index contributed by atoms with van der Waals surface area (Å²) < 4.78 is 35.5. The van der Waals surface area contributed by atoms with Gasteiger partial charge in [-0.2, -0.15) is 13.2 Å². The molecule has 5 heteroatoms. The molecule has 1 atom stereocenters. The normalized spacial score (nSPS) is 13.2. The molecule has 0 aliphatic carbocycles. The van der Waals surface area contributed by atoms with Crippen LogP contribution in [0.5, 0.6) is 0 Å². The molecule has 0 aliphatic heterocycles. The maximum Gasteiger partial charge on any atom is 1.00 e. The molecule has 13 heavy (non-hydrogen) atoms. The molecule has 0 saturated carbocycles. The predicted octanol–water partition coefficient (Wildman–Crippen LogP) is -1.35. The van der Waals surface area contributed by atoms with Crippen molar-refractivity contribution >= 4 is 0 Å². The molecule has 1 unspecified atom stereocenters. The fourth-order valence-corrected chi connectivity index (χ4v) is 0.817. The van der Waals surface area contributed by atoms with E-state index in [0.29, 0.717) is 0 Å². The molecule has 0 aliphatic rings. The van der Waals surface area contributed by atoms with Crippen molar-refractivity contribution in [2.75, 3.05) is 0 Å². The molecule has 1 aromatic carbocycles. The molecule has 1 nitrogen and oxygen atoms in total. The average Bonchev–Trinajstić information content (AvgIpc) is 2.03. The zero-order valence-corrected chi connectivity index (χ0v) is 9.01. The smallest absolute Gasteiger partial charge is 0.842 e. The first-order valence-corrected chi connectivity index (χ1v) is 3.29. The molecule has 0 heterocycles. The van der Waals surface area contributed by atoms with Gasteiger partial charge in [-0.25, -0.2) is 0 Å². The number of rotatable bonds is 1. The molecule has 0 aromatic heterocycles. The summed E-state index contributed by atoms with van der Waals surface area (Å²) in [5, 5.41) is 10.6. The van der Waals surface area contributed by atoms with Crippen molar-refractivity contribution in [1.29, 1.82) is 0 Å². The van der Waals surface area contributed by atoms with E-state index in [9.17, 15) is 18.3 Å². The molecule has 1 rings (SSSR count). The van der Waals surface area contributed by atoms with E-state index < -0.39 is 12.3 Å². The molecule has 1 aromatic rings. The third-order valence-electron chi connectivity index (χ3n) is 1.40. The Kier molecular flexibility index (Phi) is 4.99. The van der Waals surface area contributed by atoms with Crippen molar-refractivity contribution in [2.45, 2.75) is 12.3 Å². The van der Waals surface area contributed by atoms with E-state index in [1.165, 1.54) is 24.3 Å². The Balaban J connectivity index is 0.00000144. The van der Waals surface area contributed by atoms with E-state index in [2.05, 4.69) is 0 Å². The zero-order chi connectivity index (χ0) is 9.19. The van der Waals surface area contributed by atoms with E-state index in [4.69, 9.17) is 0 Å². The molecule has 0 saturated heterocycles. The molecular formula is C8H6F3NaO. The van der Waals surface area contributed by atoms with E-state index in [0.717, 1.165) is 0 Å². The summed E-state index contributed by atoms with van der Waals surface area (Å²) in [6.45, 7) is 0. The molecule has 0 fully saturated rings. The van der Waals surface area contributed by atoms with Gasteiger partial charge in [0.1, 0.15) is 0 Å². The summed E-state index contributed by atoms with van der Waals surface area (Å²) in [5.41, 5.74) is -0.245. The topological polar surface area (TPSA) is 23.1 Å². The molecule has 66 valence electrons. The van der Waals surface area contributed by atoms with Gasteiger partial charge in [-0.15, -0.1) is 0 Å². The number of hydrogen-bond acceptors (Lipinski definition) is 1. The van der Waals surface area contributed by atoms with Crippen LogP contribution in [-0.4, -0.2) is 6.18 Å². The van der Waals surface area contributed by atoms with Gasteiger partial charge in [-0.1, -0.05) is 35.9 Å². The van der Waals surface area contributed by atoms with Crippen molar-refractivity contribution in [2.24, 2.45) is 0 Å². The van der Waals surface area contributed by atoms with Gasteiger partial charge < -0.3 is 5.11 Å². The largest absolute Gasteiger partial charge is 1.00 e. The summed E-state index contributed by atoms with van der Waals surface area (Å²) in [4.78, 5) is 0. The molecule has 0 bridgehead atoms. The van der Waals surface area contributed by atoms with E-state index >= 15 is 0 Å². The van der Waals surface area contributed by atoms with Gasteiger partial charge in [0, 0.05) is 0 Å². The standard InChI is InChI=1S/C8H6F3O.Na/c9-8(10,11)7(12)6-4-2-1-3-5-6;/h1-5,7H;/q-1;+1. The Hall–Kier alpha value is -0.0300. The Morgan fingerprint density at radius 3 is 1.92 bits per heavy atom. The SMILES string of the molecule is [Na+].[O-]C(c1ccccc1)C(F)(F)F. The van der Waals surface area contributed by atoms with Gasteiger partial charge in [0.25, 0.3) is 0 Å². The Bertz CT molecular complexity index is 247. The minimum atomic E-state index is -4.69. The molecule has 0 N–H and O–H groups in total. The summed E-state index contributed by atoms with van der Waals surface area (Å²) in [6, 6.07) is 6.72. The van der Waals surface area contributed by atoms with Gasteiger partial charge in [0.2, 0.25) is 0 Å². The van der Waals surface area contributed by atoms with Crippen LogP contribution in [0.4, 0.5) is 13.2 Å². The van der Waals surface area contributed by atoms with Crippen molar-refractivity contribution in [1.82, 2.24) is 0 Å². The Morgan fingerprint density at radius 1 is 1.08 bits per heavy atom. The minimum absolute atomic E-state index is 0. The van der Waals surface area contributed by atoms with Gasteiger partial charge in [0.05, 0.1) is 0 Å². The number of hydrogen-bond donors (Lipinski definition) is 0. The van der Waals surface area contributed by atoms with Crippen molar-refractivity contribution < 1.29 is 47.8 Å². The monoisotopic (exact) mass is 198 g/mol. The molecular weight excluding hydrogens is 192 g/mol. The number of benzene rings is 1. The van der Waals surface area contributed by atoms with Crippen molar-refractivity contribution in [3.8, 4) is 0 Å². The second-order valence-electron chi connectivity index (χ2n) is 2.33. The van der Waals surface area contributed by atoms with Crippen LogP contribution in [0, 0.1) is 0 Å². The second kappa shape index (κ2) is 5.00. The average molecular weight is 198 g/mol. The van der Waals surface area contributed by atoms with E-state index in [1.54, 1.807) is 6.07 Å². The third-order valence-corrected chi connectivity index (χ3v) is 1.40. The fourth-order valence-electron chi connectivity index (χ4n) is 0.817. The van der Waals surface area contributed by atoms with Crippen LogP contribution in [0.2, 0.25) is 0 Å². The van der Waals surface area contributed by atoms with Gasteiger partial charge in [-0.05, 0) is 6.10 Å². The molecule has 0 radical (unpaired) electrons. The third kappa shape index (κ3) is 3.68. The van der Waals surface area contributed by atoms with Crippen LogP contribution in [0.25, 0.3) is 0 Å². The van der Waals surface area contributed by atoms with Crippen molar-refractivity contribution in [3.63, 3.8) is 0 Å². The Labute approximate surface area is 95.9 Å². The predicted molar refractivity (Wildman–Crippen MR) is 35.2 cm³/mol. The van der Waals surface area contributed by atoms with Crippen LogP contribution in [0.3, 0.4) is 0 Å². The summed E-state index contributed by atoms with van der Waals surface area (Å²) >= 11 is 0. The summed E-state index contributed by atoms with van der Waals surface area (Å²) in [7, 11) is 0. The first kappa shape index (κ1) is 13.0.